The summed E-state index contributed by atoms with van der Waals surface area (Å²) in [5.41, 5.74) is 2.00. The van der Waals surface area contributed by atoms with E-state index in [2.05, 4.69) is 18.8 Å². The van der Waals surface area contributed by atoms with Crippen LogP contribution in [0.5, 0.6) is 0 Å². The molecule has 0 saturated heterocycles. The van der Waals surface area contributed by atoms with Crippen molar-refractivity contribution in [3.8, 4) is 0 Å². The van der Waals surface area contributed by atoms with Crippen molar-refractivity contribution in [2.24, 2.45) is 46.8 Å². The molecule has 0 radical (unpaired) electrons. The fourth-order valence-corrected chi connectivity index (χ4v) is 8.38. The maximum absolute atomic E-state index is 14.5. The van der Waals surface area contributed by atoms with Crippen LogP contribution >= 0.6 is 0 Å². The smallest absolute Gasteiger partial charge is 0.304 e. The number of ketones is 6. The molecule has 3 N–H and O–H groups in total. The monoisotopic (exact) mass is 841 g/mol. The lowest BCUT2D eigenvalue weighted by atomic mass is 9.77. The molecule has 3 aromatic rings. The Morgan fingerprint density at radius 2 is 1.11 bits per heavy atom. The average molecular weight is 842 g/mol. The molecule has 2 aromatic carbocycles. The maximum atomic E-state index is 14.5. The summed E-state index contributed by atoms with van der Waals surface area (Å²) in [6.07, 6.45) is 1.32. The van der Waals surface area contributed by atoms with Crippen molar-refractivity contribution < 1.29 is 48.6 Å². The predicted molar refractivity (Wildman–Crippen MR) is 235 cm³/mol. The van der Waals surface area contributed by atoms with E-state index in [0.717, 1.165) is 22.0 Å². The first-order valence-electron chi connectivity index (χ1n) is 21.8. The number of carbonyl (C=O) groups is 8. The first-order chi connectivity index (χ1) is 28.6. The fraction of sp³-hybridized carbons (Fsp3) is 0.560. The highest BCUT2D eigenvalue weighted by molar-refractivity contribution is 5.97. The van der Waals surface area contributed by atoms with Crippen LogP contribution in [-0.2, 0) is 51.2 Å². The molecule has 0 amide bonds. The number of H-pyrrole nitrogens is 1. The quantitative estimate of drug-likeness (QED) is 0.0607. The van der Waals surface area contributed by atoms with Crippen LogP contribution in [0, 0.1) is 46.8 Å². The molecule has 1 aromatic heterocycles. The fourth-order valence-electron chi connectivity index (χ4n) is 8.38. The van der Waals surface area contributed by atoms with Gasteiger partial charge in [-0.15, -0.1) is 0 Å². The first kappa shape index (κ1) is 50.3. The van der Waals surface area contributed by atoms with Crippen LogP contribution in [0.2, 0.25) is 0 Å². The van der Waals surface area contributed by atoms with Crippen molar-refractivity contribution in [1.29, 1.82) is 0 Å². The van der Waals surface area contributed by atoms with Crippen LogP contribution in [-0.4, -0.2) is 61.8 Å². The Labute approximate surface area is 360 Å². The number of hydrogen-bond acceptors (Lipinski definition) is 8. The molecule has 0 aliphatic carbocycles. The van der Waals surface area contributed by atoms with Gasteiger partial charge in [-0.05, 0) is 61.1 Å². The Hall–Kier alpha value is -5.06. The molecule has 3 rings (SSSR count). The zero-order valence-electron chi connectivity index (χ0n) is 37.2. The van der Waals surface area contributed by atoms with Crippen molar-refractivity contribution in [3.63, 3.8) is 0 Å². The summed E-state index contributed by atoms with van der Waals surface area (Å²) in [5, 5.41) is 19.8. The number of Topliss-reactive ketones (excluding diaryl/α,β-unsaturated/α-hetero) is 6. The van der Waals surface area contributed by atoms with Crippen molar-refractivity contribution in [2.75, 3.05) is 0 Å². The maximum Gasteiger partial charge on any atom is 0.304 e. The van der Waals surface area contributed by atoms with Crippen molar-refractivity contribution >= 4 is 57.5 Å². The van der Waals surface area contributed by atoms with Crippen LogP contribution in [0.15, 0.2) is 60.8 Å². The Morgan fingerprint density at radius 1 is 0.557 bits per heavy atom. The number of nitrogens with one attached hydrogen (secondary N) is 1. The molecular weight excluding hydrogens is 775 g/mol. The third kappa shape index (κ3) is 17.1. The van der Waals surface area contributed by atoms with E-state index >= 15 is 0 Å². The van der Waals surface area contributed by atoms with Gasteiger partial charge in [-0.3, -0.25) is 38.4 Å². The van der Waals surface area contributed by atoms with Gasteiger partial charge in [0.15, 0.2) is 0 Å². The lowest BCUT2D eigenvalue weighted by molar-refractivity contribution is -0.142. The van der Waals surface area contributed by atoms with Crippen LogP contribution < -0.4 is 0 Å². The minimum absolute atomic E-state index is 0.00881. The molecule has 0 bridgehead atoms. The summed E-state index contributed by atoms with van der Waals surface area (Å²) in [4.78, 5) is 109. The first-order valence-corrected chi connectivity index (χ1v) is 21.8. The van der Waals surface area contributed by atoms with E-state index < -0.39 is 71.9 Å². The number of carboxylic acids is 2. The van der Waals surface area contributed by atoms with Gasteiger partial charge in [0.2, 0.25) is 0 Å². The van der Waals surface area contributed by atoms with Gasteiger partial charge in [-0.25, -0.2) is 0 Å². The SMILES string of the molecule is CC(C)C[C@@H](CC(=O)[C@H](CC(=O)[C@@H](Cc1ccccc1)CC(C)C)Cc1c[nH]c2ccccc12)C(=O)CCC(=O)C[C@H](CC(=O)O)C(=O)C[C@H](CCC(=O)O)C(=O)C(C)(C)C. The molecule has 0 saturated carbocycles. The Kier molecular flexibility index (Phi) is 19.6. The van der Waals surface area contributed by atoms with E-state index in [0.29, 0.717) is 25.7 Å². The highest BCUT2D eigenvalue weighted by Crippen LogP contribution is 2.31. The summed E-state index contributed by atoms with van der Waals surface area (Å²) in [6.45, 7) is 13.0. The molecule has 11 nitrogen and oxygen atoms in total. The van der Waals surface area contributed by atoms with Gasteiger partial charge < -0.3 is 15.2 Å². The molecule has 5 atom stereocenters. The summed E-state index contributed by atoms with van der Waals surface area (Å²) in [7, 11) is 0. The second kappa shape index (κ2) is 23.8. The van der Waals surface area contributed by atoms with Crippen molar-refractivity contribution in [3.05, 3.63) is 71.9 Å². The predicted octanol–water partition coefficient (Wildman–Crippen LogP) is 9.27. The molecule has 332 valence electrons. The summed E-state index contributed by atoms with van der Waals surface area (Å²) in [5.74, 6) is -7.95. The number of rotatable bonds is 29. The number of carboxylic acid groups (broad SMARTS) is 2. The zero-order valence-corrected chi connectivity index (χ0v) is 37.2. The van der Waals surface area contributed by atoms with Crippen LogP contribution in [0.1, 0.15) is 130 Å². The standard InChI is InChI=1S/C50H67NO10/c1-31(2)21-35(23-33-13-9-8-10-14-33)45(55)28-37(24-39-30-51-42-16-12-11-15-41(39)42)46(56)27-36(22-32(3)4)43(53)19-18-40(52)25-38(29-48(59)60)44(54)26-34(17-20-47(57)58)49(61)50(5,6)7/h8-16,30-32,34-38,51H,17-29H2,1-7H3,(H,57,58)(H,59,60)/t34-,35+,36-,37-,38+/m0/s1. The van der Waals surface area contributed by atoms with E-state index in [9.17, 15) is 48.6 Å². The Bertz CT molecular complexity index is 1980. The molecule has 0 aliphatic rings. The number of para-hydroxylation sites is 1. The Morgan fingerprint density at radius 3 is 1.72 bits per heavy atom. The van der Waals surface area contributed by atoms with Crippen LogP contribution in [0.3, 0.4) is 0 Å². The van der Waals surface area contributed by atoms with E-state index in [-0.39, 0.29) is 79.4 Å². The van der Waals surface area contributed by atoms with E-state index in [1.165, 1.54) is 0 Å². The van der Waals surface area contributed by atoms with Gasteiger partial charge in [0.1, 0.15) is 34.7 Å². The van der Waals surface area contributed by atoms with Gasteiger partial charge in [-0.2, -0.15) is 0 Å². The molecule has 0 fully saturated rings. The van der Waals surface area contributed by atoms with E-state index in [1.807, 2.05) is 74.6 Å². The summed E-state index contributed by atoms with van der Waals surface area (Å²) < 4.78 is 0. The molecule has 1 heterocycles. The van der Waals surface area contributed by atoms with Crippen molar-refractivity contribution in [2.45, 2.75) is 132 Å². The normalized spacial score (nSPS) is 14.3. The molecule has 0 aliphatic heterocycles. The summed E-state index contributed by atoms with van der Waals surface area (Å²) in [6, 6.07) is 17.6. The number of aliphatic carboxylic acids is 2. The molecule has 0 unspecified atom stereocenters. The van der Waals surface area contributed by atoms with Gasteiger partial charge >= 0.3 is 11.9 Å². The second-order valence-electron chi connectivity index (χ2n) is 18.9. The van der Waals surface area contributed by atoms with Gasteiger partial charge in [-0.1, -0.05) is 97.0 Å². The Balaban J connectivity index is 1.80. The van der Waals surface area contributed by atoms with Crippen LogP contribution in [0.4, 0.5) is 0 Å². The van der Waals surface area contributed by atoms with Crippen molar-refractivity contribution in [1.82, 2.24) is 4.98 Å². The molecular formula is C50H67NO10. The minimum Gasteiger partial charge on any atom is -0.481 e. The van der Waals surface area contributed by atoms with Gasteiger partial charge in [0.05, 0.1) is 6.42 Å². The van der Waals surface area contributed by atoms with E-state index in [4.69, 9.17) is 0 Å². The number of benzene rings is 2. The topological polar surface area (TPSA) is 193 Å². The van der Waals surface area contributed by atoms with Gasteiger partial charge in [0, 0.05) is 97.1 Å². The third-order valence-electron chi connectivity index (χ3n) is 11.5. The number of aromatic amines is 1. The lowest BCUT2D eigenvalue weighted by Crippen LogP contribution is -2.33. The average Bonchev–Trinajstić information content (AvgIpc) is 3.59. The van der Waals surface area contributed by atoms with Gasteiger partial charge in [0.25, 0.3) is 0 Å². The molecule has 0 spiro atoms. The zero-order chi connectivity index (χ0) is 45.4. The minimum atomic E-state index is -1.31. The number of fused-ring (bicyclic) bond motifs is 1. The molecule has 11 heteroatoms. The highest BCUT2D eigenvalue weighted by atomic mass is 16.4. The number of aromatic nitrogens is 1. The largest absolute Gasteiger partial charge is 0.481 e. The molecule has 61 heavy (non-hydrogen) atoms. The lowest BCUT2D eigenvalue weighted by Gasteiger charge is -2.25. The number of carbonyl (C=O) groups excluding carboxylic acids is 6. The van der Waals surface area contributed by atoms with Crippen LogP contribution in [0.25, 0.3) is 10.9 Å². The highest BCUT2D eigenvalue weighted by Gasteiger charge is 2.35. The second-order valence-corrected chi connectivity index (χ2v) is 18.9. The third-order valence-corrected chi connectivity index (χ3v) is 11.5. The number of hydrogen-bond donors (Lipinski definition) is 3. The van der Waals surface area contributed by atoms with E-state index in [1.54, 1.807) is 20.8 Å². The summed E-state index contributed by atoms with van der Waals surface area (Å²) >= 11 is 0.